The number of hydrogen-bond acceptors (Lipinski definition) is 1. The Bertz CT molecular complexity index is 207. The summed E-state index contributed by atoms with van der Waals surface area (Å²) in [6.45, 7) is 0. The van der Waals surface area contributed by atoms with Gasteiger partial charge in [-0.3, -0.25) is 4.68 Å². The fourth-order valence-corrected chi connectivity index (χ4v) is 0.981. The van der Waals surface area contributed by atoms with E-state index in [-0.39, 0.29) is 0 Å². The molecular weight excluding hydrogens is 159 g/mol. The summed E-state index contributed by atoms with van der Waals surface area (Å²) in [5, 5.41) is 4.50. The summed E-state index contributed by atoms with van der Waals surface area (Å²) in [4.78, 5) is 0. The average molecular weight is 165 g/mol. The van der Waals surface area contributed by atoms with Gasteiger partial charge in [-0.25, -0.2) is 0 Å². The molecule has 0 atom stereocenters. The molecule has 0 spiro atoms. The van der Waals surface area contributed by atoms with Gasteiger partial charge in [0.1, 0.15) is 5.15 Å². The minimum absolute atomic E-state index is 0.423. The van der Waals surface area contributed by atoms with Gasteiger partial charge in [-0.2, -0.15) is 5.10 Å². The van der Waals surface area contributed by atoms with Crippen molar-refractivity contribution in [1.82, 2.24) is 9.78 Å². The summed E-state index contributed by atoms with van der Waals surface area (Å²) in [7, 11) is 1.78. The van der Waals surface area contributed by atoms with E-state index in [9.17, 15) is 0 Å². The van der Waals surface area contributed by atoms with Crippen molar-refractivity contribution < 1.29 is 0 Å². The molecule has 0 saturated carbocycles. The largest absolute Gasteiger partial charge is 0.257 e. The molecule has 2 nitrogen and oxygen atoms in total. The molecule has 0 amide bonds. The smallest absolute Gasteiger partial charge is 0.131 e. The highest BCUT2D eigenvalue weighted by molar-refractivity contribution is 6.31. The molecule has 1 heterocycles. The van der Waals surface area contributed by atoms with Crippen molar-refractivity contribution in [1.29, 1.82) is 0 Å². The first-order valence-corrected chi connectivity index (χ1v) is 3.39. The van der Waals surface area contributed by atoms with Crippen LogP contribution in [0, 0.1) is 0 Å². The standard InChI is InChI=1S/C5H6Cl2N2/c1-9-5(7)4(2-6)3-8-9/h3H,2H2,1H3. The third kappa shape index (κ3) is 1.19. The molecule has 0 aliphatic heterocycles. The maximum atomic E-state index is 5.72. The minimum Gasteiger partial charge on any atom is -0.257 e. The lowest BCUT2D eigenvalue weighted by Crippen LogP contribution is -1.88. The molecule has 0 fully saturated rings. The van der Waals surface area contributed by atoms with Crippen molar-refractivity contribution in [3.8, 4) is 0 Å². The lowest BCUT2D eigenvalue weighted by Gasteiger charge is -1.90. The third-order valence-corrected chi connectivity index (χ3v) is 1.86. The fourth-order valence-electron chi connectivity index (χ4n) is 0.558. The topological polar surface area (TPSA) is 17.8 Å². The second kappa shape index (κ2) is 2.58. The summed E-state index contributed by atoms with van der Waals surface area (Å²) in [5.41, 5.74) is 0.876. The van der Waals surface area contributed by atoms with E-state index >= 15 is 0 Å². The molecule has 4 heteroatoms. The number of alkyl halides is 1. The number of hydrogen-bond donors (Lipinski definition) is 0. The lowest BCUT2D eigenvalue weighted by molar-refractivity contribution is 0.768. The van der Waals surface area contributed by atoms with Gasteiger partial charge in [0.2, 0.25) is 0 Å². The monoisotopic (exact) mass is 164 g/mol. The van der Waals surface area contributed by atoms with Gasteiger partial charge in [-0.1, -0.05) is 11.6 Å². The van der Waals surface area contributed by atoms with E-state index in [2.05, 4.69) is 5.10 Å². The second-order valence-electron chi connectivity index (χ2n) is 1.72. The van der Waals surface area contributed by atoms with Gasteiger partial charge < -0.3 is 0 Å². The van der Waals surface area contributed by atoms with E-state index in [1.54, 1.807) is 17.9 Å². The number of aromatic nitrogens is 2. The fraction of sp³-hybridized carbons (Fsp3) is 0.400. The first-order chi connectivity index (χ1) is 4.25. The molecule has 0 bridgehead atoms. The Balaban J connectivity index is 3.04. The van der Waals surface area contributed by atoms with Crippen molar-refractivity contribution in [2.24, 2.45) is 7.05 Å². The summed E-state index contributed by atoms with van der Waals surface area (Å²) in [5.74, 6) is 0.423. The van der Waals surface area contributed by atoms with Crippen LogP contribution < -0.4 is 0 Å². The molecule has 1 aromatic heterocycles. The van der Waals surface area contributed by atoms with Crippen LogP contribution in [0.1, 0.15) is 5.56 Å². The molecule has 1 rings (SSSR count). The van der Waals surface area contributed by atoms with Crippen LogP contribution in [-0.2, 0) is 12.9 Å². The summed E-state index contributed by atoms with van der Waals surface area (Å²) in [6.07, 6.45) is 1.66. The number of aryl methyl sites for hydroxylation is 1. The first kappa shape index (κ1) is 6.90. The van der Waals surface area contributed by atoms with Gasteiger partial charge in [0.15, 0.2) is 0 Å². The molecule has 9 heavy (non-hydrogen) atoms. The normalized spacial score (nSPS) is 10.1. The van der Waals surface area contributed by atoms with E-state index in [0.29, 0.717) is 11.0 Å². The van der Waals surface area contributed by atoms with Crippen LogP contribution in [0.5, 0.6) is 0 Å². The Morgan fingerprint density at radius 1 is 1.78 bits per heavy atom. The second-order valence-corrected chi connectivity index (χ2v) is 2.34. The highest BCUT2D eigenvalue weighted by Crippen LogP contribution is 2.15. The minimum atomic E-state index is 0.423. The zero-order chi connectivity index (χ0) is 6.85. The Labute approximate surface area is 63.4 Å². The molecule has 0 aliphatic rings. The van der Waals surface area contributed by atoms with Crippen LogP contribution in [0.2, 0.25) is 5.15 Å². The molecule has 0 aromatic carbocycles. The molecular formula is C5H6Cl2N2. The highest BCUT2D eigenvalue weighted by Gasteiger charge is 2.01. The Kier molecular flexibility index (Phi) is 1.98. The zero-order valence-electron chi connectivity index (χ0n) is 4.93. The van der Waals surface area contributed by atoms with Gasteiger partial charge in [0.25, 0.3) is 0 Å². The predicted molar refractivity (Wildman–Crippen MR) is 37.8 cm³/mol. The zero-order valence-corrected chi connectivity index (χ0v) is 6.45. The van der Waals surface area contributed by atoms with Crippen LogP contribution in [-0.4, -0.2) is 9.78 Å². The molecule has 50 valence electrons. The van der Waals surface area contributed by atoms with Crippen molar-refractivity contribution >= 4 is 23.2 Å². The molecule has 0 aliphatic carbocycles. The van der Waals surface area contributed by atoms with Crippen molar-refractivity contribution in [2.75, 3.05) is 0 Å². The number of halogens is 2. The van der Waals surface area contributed by atoms with Gasteiger partial charge in [-0.15, -0.1) is 11.6 Å². The molecule has 0 N–H and O–H groups in total. The maximum absolute atomic E-state index is 5.72. The van der Waals surface area contributed by atoms with Crippen LogP contribution in [0.4, 0.5) is 0 Å². The predicted octanol–water partition coefficient (Wildman–Crippen LogP) is 1.81. The van der Waals surface area contributed by atoms with E-state index in [4.69, 9.17) is 23.2 Å². The summed E-state index contributed by atoms with van der Waals surface area (Å²) in [6, 6.07) is 0. The molecule has 0 radical (unpaired) electrons. The van der Waals surface area contributed by atoms with Gasteiger partial charge in [0, 0.05) is 12.6 Å². The van der Waals surface area contributed by atoms with Crippen molar-refractivity contribution in [3.05, 3.63) is 16.9 Å². The summed E-state index contributed by atoms with van der Waals surface area (Å²) < 4.78 is 1.58. The van der Waals surface area contributed by atoms with Crippen molar-refractivity contribution in [2.45, 2.75) is 5.88 Å². The highest BCUT2D eigenvalue weighted by atomic mass is 35.5. The molecule has 0 unspecified atom stereocenters. The van der Waals surface area contributed by atoms with E-state index in [1.165, 1.54) is 0 Å². The third-order valence-electron chi connectivity index (χ3n) is 1.08. The van der Waals surface area contributed by atoms with E-state index < -0.39 is 0 Å². The molecule has 0 saturated heterocycles. The van der Waals surface area contributed by atoms with Crippen LogP contribution >= 0.6 is 23.2 Å². The van der Waals surface area contributed by atoms with Crippen LogP contribution in [0.15, 0.2) is 6.20 Å². The summed E-state index contributed by atoms with van der Waals surface area (Å²) >= 11 is 11.2. The Morgan fingerprint density at radius 2 is 2.44 bits per heavy atom. The first-order valence-electron chi connectivity index (χ1n) is 2.48. The quantitative estimate of drug-likeness (QED) is 0.580. The van der Waals surface area contributed by atoms with Gasteiger partial charge in [-0.05, 0) is 0 Å². The van der Waals surface area contributed by atoms with Crippen LogP contribution in [0.25, 0.3) is 0 Å². The van der Waals surface area contributed by atoms with Gasteiger partial charge in [0.05, 0.1) is 12.1 Å². The van der Waals surface area contributed by atoms with Crippen molar-refractivity contribution in [3.63, 3.8) is 0 Å². The number of nitrogens with zero attached hydrogens (tertiary/aromatic N) is 2. The lowest BCUT2D eigenvalue weighted by atomic mass is 10.4. The Hall–Kier alpha value is -0.210. The average Bonchev–Trinajstić information content (AvgIpc) is 2.15. The number of rotatable bonds is 1. The molecule has 1 aromatic rings. The van der Waals surface area contributed by atoms with E-state index in [0.717, 1.165) is 5.56 Å². The van der Waals surface area contributed by atoms with E-state index in [1.807, 2.05) is 0 Å². The Morgan fingerprint density at radius 3 is 2.67 bits per heavy atom. The maximum Gasteiger partial charge on any atom is 0.131 e. The SMILES string of the molecule is Cn1ncc(CCl)c1Cl. The van der Waals surface area contributed by atoms with Gasteiger partial charge >= 0.3 is 0 Å². The van der Waals surface area contributed by atoms with Crippen LogP contribution in [0.3, 0.4) is 0 Å².